The van der Waals surface area contributed by atoms with E-state index in [1.165, 1.54) is 9.80 Å². The molecule has 3 saturated heterocycles. The topological polar surface area (TPSA) is 156 Å². The molecule has 44 heavy (non-hydrogen) atoms. The number of rotatable bonds is 14. The van der Waals surface area contributed by atoms with Gasteiger partial charge in [0.15, 0.2) is 0 Å². The number of benzene rings is 1. The van der Waals surface area contributed by atoms with Crippen molar-refractivity contribution in [1.29, 1.82) is 0 Å². The molecule has 3 aliphatic rings. The Morgan fingerprint density at radius 2 is 2.09 bits per heavy atom. The Hall–Kier alpha value is -3.62. The maximum Gasteiger partial charge on any atom is 0.312 e. The fourth-order valence-electron chi connectivity index (χ4n) is 6.65. The maximum atomic E-state index is 14.4. The fraction of sp³-hybridized carbons (Fsp3) is 0.533. The lowest BCUT2D eigenvalue weighted by atomic mass is 9.70. The fourth-order valence-corrected chi connectivity index (χ4v) is 7.60. The van der Waals surface area contributed by atoms with Crippen LogP contribution >= 0.6 is 15.9 Å². The zero-order valence-electron chi connectivity index (χ0n) is 24.5. The lowest BCUT2D eigenvalue weighted by Crippen LogP contribution is -2.57. The normalized spacial score (nSPS) is 27.7. The molecule has 4 heterocycles. The minimum Gasteiger partial charge on any atom is -0.460 e. The molecule has 7 atom stereocenters. The molecule has 3 amide bonds. The van der Waals surface area contributed by atoms with Crippen molar-refractivity contribution in [3.8, 4) is 0 Å². The molecule has 0 aliphatic carbocycles. The van der Waals surface area contributed by atoms with Crippen LogP contribution in [0.3, 0.4) is 0 Å². The molecule has 14 heteroatoms. The van der Waals surface area contributed by atoms with Crippen LogP contribution in [0.2, 0.25) is 0 Å². The summed E-state index contributed by atoms with van der Waals surface area (Å²) in [6, 6.07) is 6.25. The average Bonchev–Trinajstić information content (AvgIpc) is 3.72. The van der Waals surface area contributed by atoms with Gasteiger partial charge >= 0.3 is 5.97 Å². The third-order valence-corrected chi connectivity index (χ3v) is 9.35. The van der Waals surface area contributed by atoms with E-state index < -0.39 is 53.5 Å². The number of aliphatic hydroxyl groups is 1. The summed E-state index contributed by atoms with van der Waals surface area (Å²) < 4.78 is 13.8. The quantitative estimate of drug-likeness (QED) is 0.171. The first-order valence-corrected chi connectivity index (χ1v) is 15.6. The van der Waals surface area contributed by atoms with Gasteiger partial charge in [-0.1, -0.05) is 45.4 Å². The van der Waals surface area contributed by atoms with E-state index in [1.807, 2.05) is 24.3 Å². The van der Waals surface area contributed by atoms with Gasteiger partial charge in [-0.15, -0.1) is 18.3 Å². The van der Waals surface area contributed by atoms with E-state index in [2.05, 4.69) is 44.7 Å². The number of allylic oxidation sites excluding steroid dienone is 1. The van der Waals surface area contributed by atoms with Crippen molar-refractivity contribution < 1.29 is 33.8 Å². The molecule has 3 aliphatic heterocycles. The summed E-state index contributed by atoms with van der Waals surface area (Å²) in [6.07, 6.45) is 2.97. The Morgan fingerprint density at radius 3 is 2.82 bits per heavy atom. The highest BCUT2D eigenvalue weighted by atomic mass is 79.9. The highest BCUT2D eigenvalue weighted by Gasteiger charge is 2.77. The van der Waals surface area contributed by atoms with Gasteiger partial charge in [0.1, 0.15) is 29.9 Å². The number of β-amino-alcohol motifs (C(OH)–C–C–N with tert-alkyl or cyclic N) is 1. The van der Waals surface area contributed by atoms with Crippen molar-refractivity contribution >= 4 is 50.7 Å². The summed E-state index contributed by atoms with van der Waals surface area (Å²) in [5.74, 6) is -3.66. The van der Waals surface area contributed by atoms with Crippen LogP contribution in [0.1, 0.15) is 26.2 Å². The highest BCUT2D eigenvalue weighted by Crippen LogP contribution is 2.60. The van der Waals surface area contributed by atoms with Crippen LogP contribution in [0.15, 0.2) is 49.6 Å². The van der Waals surface area contributed by atoms with Gasteiger partial charge in [0, 0.05) is 24.3 Å². The van der Waals surface area contributed by atoms with Gasteiger partial charge in [-0.3, -0.25) is 19.2 Å². The number of esters is 1. The van der Waals surface area contributed by atoms with Gasteiger partial charge < -0.3 is 29.7 Å². The van der Waals surface area contributed by atoms with E-state index >= 15 is 0 Å². The molecule has 3 fully saturated rings. The van der Waals surface area contributed by atoms with Crippen LogP contribution in [0.4, 0.5) is 0 Å². The van der Waals surface area contributed by atoms with Crippen LogP contribution in [0.25, 0.3) is 11.0 Å². The third-order valence-electron chi connectivity index (χ3n) is 8.50. The maximum absolute atomic E-state index is 14.4. The molecule has 1 aromatic heterocycles. The smallest absolute Gasteiger partial charge is 0.312 e. The van der Waals surface area contributed by atoms with Crippen molar-refractivity contribution in [2.24, 2.45) is 11.8 Å². The Bertz CT molecular complexity index is 1450. The standard InChI is InChI=1S/C30H37BrN6O7/c1-4-6-11-22(39)32-16-18(3)43-29(42)23-24-27(40)36(13-14-38)26(30(24)15-19(31)25(23)44-30)28(41)35(12-5-2)17-37-21-10-8-7-9-20(21)33-34-37/h4-5,7-10,18-19,23-26,38H,1-2,6,11-17H2,3H3,(H,32,39)/t18-,19?,23+,24-,25+,26+,30-/m0/s1. The SMILES string of the molecule is C=CCCC(=O)NC[C@H](C)OC(=O)[C@H]1[C@@H]2O[C@@]3(CC2Br)[C@@H]1C(=O)N(CCO)[C@@H]3C(=O)N(CC=C)Cn1nnc2ccccc21. The number of ether oxygens (including phenoxy) is 2. The molecule has 2 bridgehead atoms. The summed E-state index contributed by atoms with van der Waals surface area (Å²) in [6.45, 7) is 8.86. The molecular formula is C30H37BrN6O7. The number of carbonyl (C=O) groups is 4. The van der Waals surface area contributed by atoms with Crippen LogP contribution < -0.4 is 5.32 Å². The van der Waals surface area contributed by atoms with Crippen molar-refractivity contribution in [3.05, 3.63) is 49.6 Å². The number of aromatic nitrogens is 3. The van der Waals surface area contributed by atoms with Crippen molar-refractivity contribution in [1.82, 2.24) is 30.1 Å². The van der Waals surface area contributed by atoms with E-state index in [1.54, 1.807) is 23.8 Å². The van der Waals surface area contributed by atoms with Crippen molar-refractivity contribution in [3.63, 3.8) is 0 Å². The molecule has 2 N–H and O–H groups in total. The van der Waals surface area contributed by atoms with E-state index in [-0.39, 0.29) is 50.1 Å². The number of fused-ring (bicyclic) bond motifs is 2. The molecule has 0 radical (unpaired) electrons. The molecule has 1 aromatic carbocycles. The molecule has 1 unspecified atom stereocenters. The van der Waals surface area contributed by atoms with Gasteiger partial charge in [0.25, 0.3) is 0 Å². The largest absolute Gasteiger partial charge is 0.460 e. The second kappa shape index (κ2) is 13.2. The Balaban J connectivity index is 1.40. The van der Waals surface area contributed by atoms with Crippen LogP contribution in [-0.2, 0) is 35.3 Å². The minimum absolute atomic E-state index is 0.0342. The molecule has 236 valence electrons. The van der Waals surface area contributed by atoms with Gasteiger partial charge in [-0.25, -0.2) is 4.68 Å². The number of aliphatic hydroxyl groups excluding tert-OH is 1. The summed E-state index contributed by atoms with van der Waals surface area (Å²) in [4.78, 5) is 56.5. The number of likely N-dealkylation sites (tertiary alicyclic amines) is 1. The van der Waals surface area contributed by atoms with E-state index in [4.69, 9.17) is 9.47 Å². The predicted molar refractivity (Wildman–Crippen MR) is 162 cm³/mol. The van der Waals surface area contributed by atoms with Crippen LogP contribution in [0, 0.1) is 11.8 Å². The first-order chi connectivity index (χ1) is 21.2. The summed E-state index contributed by atoms with van der Waals surface area (Å²) in [5.41, 5.74) is 0.0760. The molecular weight excluding hydrogens is 636 g/mol. The number of hydrogen-bond donors (Lipinski definition) is 2. The average molecular weight is 674 g/mol. The number of halogens is 1. The number of alkyl halides is 1. The summed E-state index contributed by atoms with van der Waals surface area (Å²) in [5, 5.41) is 21.0. The second-order valence-electron chi connectivity index (χ2n) is 11.4. The summed E-state index contributed by atoms with van der Waals surface area (Å²) >= 11 is 3.63. The zero-order valence-corrected chi connectivity index (χ0v) is 26.1. The number of nitrogens with zero attached hydrogens (tertiary/aromatic N) is 5. The minimum atomic E-state index is -1.32. The van der Waals surface area contributed by atoms with Gasteiger partial charge in [-0.2, -0.15) is 0 Å². The number of para-hydroxylation sites is 1. The first-order valence-electron chi connectivity index (χ1n) is 14.7. The van der Waals surface area contributed by atoms with Crippen LogP contribution in [0.5, 0.6) is 0 Å². The lowest BCUT2D eigenvalue weighted by molar-refractivity contribution is -0.159. The molecule has 1 spiro atoms. The van der Waals surface area contributed by atoms with Crippen LogP contribution in [-0.4, -0.2) is 109 Å². The third kappa shape index (κ3) is 5.66. The van der Waals surface area contributed by atoms with Gasteiger partial charge in [0.2, 0.25) is 17.7 Å². The van der Waals surface area contributed by atoms with E-state index in [9.17, 15) is 24.3 Å². The lowest BCUT2D eigenvalue weighted by Gasteiger charge is -2.36. The Labute approximate surface area is 263 Å². The number of amides is 3. The van der Waals surface area contributed by atoms with Gasteiger partial charge in [-0.05, 0) is 31.9 Å². The summed E-state index contributed by atoms with van der Waals surface area (Å²) in [7, 11) is 0. The highest BCUT2D eigenvalue weighted by molar-refractivity contribution is 9.09. The zero-order chi connectivity index (χ0) is 31.6. The molecule has 13 nitrogen and oxygen atoms in total. The molecule has 2 aromatic rings. The van der Waals surface area contributed by atoms with E-state index in [0.29, 0.717) is 18.4 Å². The van der Waals surface area contributed by atoms with E-state index in [0.717, 1.165) is 5.52 Å². The number of carbonyl (C=O) groups excluding carboxylic acids is 4. The van der Waals surface area contributed by atoms with Crippen molar-refractivity contribution in [2.45, 2.75) is 61.5 Å². The number of hydrogen-bond acceptors (Lipinski definition) is 9. The Kier molecular flexibility index (Phi) is 9.51. The van der Waals surface area contributed by atoms with Crippen molar-refractivity contribution in [2.75, 3.05) is 26.2 Å². The molecule has 0 saturated carbocycles. The van der Waals surface area contributed by atoms with Gasteiger partial charge in [0.05, 0.1) is 36.6 Å². The second-order valence-corrected chi connectivity index (χ2v) is 12.5. The Morgan fingerprint density at radius 1 is 1.32 bits per heavy atom. The first kappa shape index (κ1) is 31.8. The molecule has 5 rings (SSSR count). The number of nitrogens with one attached hydrogen (secondary N) is 1. The monoisotopic (exact) mass is 672 g/mol. The predicted octanol–water partition coefficient (Wildman–Crippen LogP) is 1.16.